The lowest BCUT2D eigenvalue weighted by Gasteiger charge is -1.96. The minimum atomic E-state index is -1.04. The van der Waals surface area contributed by atoms with E-state index in [1.807, 2.05) is 31.2 Å². The number of carbonyl (C=O) groups is 1. The summed E-state index contributed by atoms with van der Waals surface area (Å²) in [5.41, 5.74) is 2.76. The van der Waals surface area contributed by atoms with Gasteiger partial charge in [0.2, 0.25) is 0 Å². The number of fused-ring (bicyclic) bond motifs is 1. The van der Waals surface area contributed by atoms with Crippen LogP contribution < -0.4 is 0 Å². The molecule has 0 spiro atoms. The zero-order valence-electron chi connectivity index (χ0n) is 10.3. The van der Waals surface area contributed by atoms with E-state index in [1.165, 1.54) is 17.8 Å². The second-order valence-corrected chi connectivity index (χ2v) is 4.39. The molecule has 3 aromatic rings. The van der Waals surface area contributed by atoms with E-state index >= 15 is 0 Å². The minimum absolute atomic E-state index is 0.0238. The summed E-state index contributed by atoms with van der Waals surface area (Å²) in [6.45, 7) is 2.02. The summed E-state index contributed by atoms with van der Waals surface area (Å²) < 4.78 is 5.72. The van der Waals surface area contributed by atoms with Gasteiger partial charge >= 0.3 is 5.97 Å². The fourth-order valence-electron chi connectivity index (χ4n) is 1.97. The highest BCUT2D eigenvalue weighted by molar-refractivity contribution is 5.86. The largest absolute Gasteiger partial charge is 0.477 e. The van der Waals surface area contributed by atoms with E-state index in [-0.39, 0.29) is 5.69 Å². The molecule has 2 aromatic heterocycles. The molecule has 1 N–H and O–H groups in total. The monoisotopic (exact) mass is 253 g/mol. The van der Waals surface area contributed by atoms with Gasteiger partial charge < -0.3 is 9.52 Å². The van der Waals surface area contributed by atoms with Gasteiger partial charge in [0.25, 0.3) is 0 Å². The SMILES string of the molecule is Cc1ccc2oc(-c3ccc(C(=O)O)nc3)cc2c1. The molecule has 19 heavy (non-hydrogen) atoms. The predicted octanol–water partition coefficient (Wildman–Crippen LogP) is 3.50. The summed E-state index contributed by atoms with van der Waals surface area (Å²) in [5, 5.41) is 9.83. The smallest absolute Gasteiger partial charge is 0.354 e. The number of furan rings is 1. The number of aryl methyl sites for hydroxylation is 1. The van der Waals surface area contributed by atoms with Crippen molar-refractivity contribution >= 4 is 16.9 Å². The van der Waals surface area contributed by atoms with Crippen molar-refractivity contribution in [2.45, 2.75) is 6.92 Å². The van der Waals surface area contributed by atoms with Crippen LogP contribution in [0.1, 0.15) is 16.1 Å². The van der Waals surface area contributed by atoms with Crippen LogP contribution in [-0.4, -0.2) is 16.1 Å². The number of benzene rings is 1. The Balaban J connectivity index is 2.06. The maximum absolute atomic E-state index is 10.7. The first-order valence-electron chi connectivity index (χ1n) is 5.83. The van der Waals surface area contributed by atoms with Crippen molar-refractivity contribution in [1.29, 1.82) is 0 Å². The van der Waals surface area contributed by atoms with Crippen LogP contribution in [0.5, 0.6) is 0 Å². The molecule has 0 unspecified atom stereocenters. The minimum Gasteiger partial charge on any atom is -0.477 e. The molecule has 0 saturated heterocycles. The summed E-state index contributed by atoms with van der Waals surface area (Å²) >= 11 is 0. The Hall–Kier alpha value is -2.62. The average molecular weight is 253 g/mol. The number of aromatic carboxylic acids is 1. The van der Waals surface area contributed by atoms with Crippen LogP contribution in [0.25, 0.3) is 22.3 Å². The van der Waals surface area contributed by atoms with Crippen molar-refractivity contribution in [1.82, 2.24) is 4.98 Å². The van der Waals surface area contributed by atoms with Gasteiger partial charge in [-0.2, -0.15) is 0 Å². The Labute approximate surface area is 109 Å². The third-order valence-electron chi connectivity index (χ3n) is 2.94. The van der Waals surface area contributed by atoms with E-state index in [9.17, 15) is 4.79 Å². The first-order valence-corrected chi connectivity index (χ1v) is 5.83. The Morgan fingerprint density at radius 3 is 2.74 bits per heavy atom. The van der Waals surface area contributed by atoms with Crippen molar-refractivity contribution in [3.63, 3.8) is 0 Å². The molecule has 0 fully saturated rings. The van der Waals surface area contributed by atoms with Gasteiger partial charge in [-0.3, -0.25) is 0 Å². The Morgan fingerprint density at radius 1 is 1.21 bits per heavy atom. The standard InChI is InChI=1S/C15H11NO3/c1-9-2-5-13-11(6-9)7-14(19-13)10-3-4-12(15(17)18)16-8-10/h2-8H,1H3,(H,17,18). The fraction of sp³-hybridized carbons (Fsp3) is 0.0667. The van der Waals surface area contributed by atoms with Gasteiger partial charge in [-0.05, 0) is 37.3 Å². The van der Waals surface area contributed by atoms with Crippen molar-refractivity contribution in [3.05, 3.63) is 53.9 Å². The zero-order chi connectivity index (χ0) is 13.4. The molecule has 0 amide bonds. The first-order chi connectivity index (χ1) is 9.13. The Kier molecular flexibility index (Phi) is 2.56. The average Bonchev–Trinajstić information content (AvgIpc) is 2.81. The molecule has 3 rings (SSSR count). The van der Waals surface area contributed by atoms with Gasteiger partial charge in [0, 0.05) is 17.1 Å². The molecule has 1 aromatic carbocycles. The van der Waals surface area contributed by atoms with Gasteiger partial charge in [0.05, 0.1) is 0 Å². The molecule has 4 nitrogen and oxygen atoms in total. The summed E-state index contributed by atoms with van der Waals surface area (Å²) in [6.07, 6.45) is 1.51. The lowest BCUT2D eigenvalue weighted by atomic mass is 10.1. The van der Waals surface area contributed by atoms with Crippen LogP contribution in [0, 0.1) is 6.92 Å². The third-order valence-corrected chi connectivity index (χ3v) is 2.94. The highest BCUT2D eigenvalue weighted by Gasteiger charge is 2.09. The van der Waals surface area contributed by atoms with E-state index < -0.39 is 5.97 Å². The van der Waals surface area contributed by atoms with E-state index in [4.69, 9.17) is 9.52 Å². The van der Waals surface area contributed by atoms with Crippen molar-refractivity contribution in [3.8, 4) is 11.3 Å². The molecule has 94 valence electrons. The number of rotatable bonds is 2. The maximum Gasteiger partial charge on any atom is 0.354 e. The van der Waals surface area contributed by atoms with Crippen LogP contribution in [0.3, 0.4) is 0 Å². The molecule has 0 atom stereocenters. The van der Waals surface area contributed by atoms with E-state index in [1.54, 1.807) is 6.07 Å². The molecule has 0 aliphatic carbocycles. The normalized spacial score (nSPS) is 10.8. The molecule has 0 radical (unpaired) electrons. The Bertz CT molecular complexity index is 757. The third kappa shape index (κ3) is 2.08. The van der Waals surface area contributed by atoms with Crippen LogP contribution in [-0.2, 0) is 0 Å². The summed E-state index contributed by atoms with van der Waals surface area (Å²) in [6, 6.07) is 11.0. The number of hydrogen-bond acceptors (Lipinski definition) is 3. The summed E-state index contributed by atoms with van der Waals surface area (Å²) in [5.74, 6) is -0.350. The predicted molar refractivity (Wildman–Crippen MR) is 71.1 cm³/mol. The second kappa shape index (κ2) is 4.24. The lowest BCUT2D eigenvalue weighted by Crippen LogP contribution is -1.98. The molecule has 2 heterocycles. The number of hydrogen-bond donors (Lipinski definition) is 1. The lowest BCUT2D eigenvalue weighted by molar-refractivity contribution is 0.0690. The van der Waals surface area contributed by atoms with Crippen LogP contribution in [0.2, 0.25) is 0 Å². The quantitative estimate of drug-likeness (QED) is 0.759. The molecule has 0 aliphatic heterocycles. The van der Waals surface area contributed by atoms with Gasteiger partial charge in [-0.25, -0.2) is 9.78 Å². The topological polar surface area (TPSA) is 63.3 Å². The summed E-state index contributed by atoms with van der Waals surface area (Å²) in [7, 11) is 0. The fourth-order valence-corrected chi connectivity index (χ4v) is 1.97. The van der Waals surface area contributed by atoms with E-state index in [2.05, 4.69) is 4.98 Å². The van der Waals surface area contributed by atoms with Crippen molar-refractivity contribution < 1.29 is 14.3 Å². The molecule has 0 saturated carbocycles. The van der Waals surface area contributed by atoms with Crippen LogP contribution in [0.15, 0.2) is 47.0 Å². The molecular weight excluding hydrogens is 242 g/mol. The number of carboxylic acids is 1. The second-order valence-electron chi connectivity index (χ2n) is 4.39. The number of nitrogens with zero attached hydrogens (tertiary/aromatic N) is 1. The van der Waals surface area contributed by atoms with Gasteiger partial charge in [-0.15, -0.1) is 0 Å². The highest BCUT2D eigenvalue weighted by atomic mass is 16.4. The van der Waals surface area contributed by atoms with Crippen molar-refractivity contribution in [2.75, 3.05) is 0 Å². The number of carboxylic acid groups (broad SMARTS) is 1. The molecule has 0 bridgehead atoms. The highest BCUT2D eigenvalue weighted by Crippen LogP contribution is 2.27. The zero-order valence-corrected chi connectivity index (χ0v) is 10.3. The van der Waals surface area contributed by atoms with Crippen molar-refractivity contribution in [2.24, 2.45) is 0 Å². The van der Waals surface area contributed by atoms with Gasteiger partial charge in [-0.1, -0.05) is 11.6 Å². The Morgan fingerprint density at radius 2 is 2.05 bits per heavy atom. The number of pyridine rings is 1. The molecular formula is C15H11NO3. The molecule has 4 heteroatoms. The summed E-state index contributed by atoms with van der Waals surface area (Å²) in [4.78, 5) is 14.6. The first kappa shape index (κ1) is 11.5. The van der Waals surface area contributed by atoms with Crippen LogP contribution in [0.4, 0.5) is 0 Å². The van der Waals surface area contributed by atoms with E-state index in [0.29, 0.717) is 5.76 Å². The van der Waals surface area contributed by atoms with E-state index in [0.717, 1.165) is 16.5 Å². The van der Waals surface area contributed by atoms with Crippen LogP contribution >= 0.6 is 0 Å². The molecule has 0 aliphatic rings. The van der Waals surface area contributed by atoms with Gasteiger partial charge in [0.15, 0.2) is 0 Å². The number of aromatic nitrogens is 1. The maximum atomic E-state index is 10.7. The van der Waals surface area contributed by atoms with Gasteiger partial charge in [0.1, 0.15) is 17.0 Å².